The van der Waals surface area contributed by atoms with Gasteiger partial charge in [0.05, 0.1) is 32.5 Å². The molecule has 0 spiro atoms. The van der Waals surface area contributed by atoms with Crippen molar-refractivity contribution in [2.24, 2.45) is 0 Å². The lowest BCUT2D eigenvalue weighted by molar-refractivity contribution is -0.144. The zero-order valence-corrected chi connectivity index (χ0v) is 21.6. The number of hydrogen-bond acceptors (Lipinski definition) is 8. The van der Waals surface area contributed by atoms with Crippen molar-refractivity contribution in [1.29, 1.82) is 0 Å². The minimum Gasteiger partial charge on any atom is -0.497 e. The quantitative estimate of drug-likeness (QED) is 0.341. The smallest absolute Gasteiger partial charge is 0.416 e. The van der Waals surface area contributed by atoms with Crippen LogP contribution in [-0.4, -0.2) is 63.5 Å². The maximum absolute atomic E-state index is 12.9. The van der Waals surface area contributed by atoms with E-state index in [4.69, 9.17) is 23.7 Å². The van der Waals surface area contributed by atoms with Gasteiger partial charge in [0.2, 0.25) is 0 Å². The van der Waals surface area contributed by atoms with Crippen LogP contribution in [0, 0.1) is 0 Å². The molecule has 1 heterocycles. The molecule has 0 bridgehead atoms. The molecule has 0 unspecified atom stereocenters. The van der Waals surface area contributed by atoms with Gasteiger partial charge in [-0.25, -0.2) is 4.79 Å². The van der Waals surface area contributed by atoms with Gasteiger partial charge in [0, 0.05) is 6.54 Å². The van der Waals surface area contributed by atoms with E-state index < -0.39 is 12.1 Å². The van der Waals surface area contributed by atoms with Crippen molar-refractivity contribution in [3.05, 3.63) is 78.4 Å². The third-order valence-electron chi connectivity index (χ3n) is 5.90. The fourth-order valence-corrected chi connectivity index (χ4v) is 4.00. The zero-order chi connectivity index (χ0) is 26.7. The number of esters is 1. The maximum atomic E-state index is 12.9. The van der Waals surface area contributed by atoms with Gasteiger partial charge in [-0.15, -0.1) is 0 Å². The van der Waals surface area contributed by atoms with Crippen molar-refractivity contribution in [2.45, 2.75) is 13.5 Å². The number of carbonyl (C=O) groups excluding carboxylic acids is 2. The third-order valence-corrected chi connectivity index (χ3v) is 5.90. The topological polar surface area (TPSA) is 86.8 Å². The summed E-state index contributed by atoms with van der Waals surface area (Å²) in [5.41, 5.74) is 1.89. The lowest BCUT2D eigenvalue weighted by Gasteiger charge is -2.31. The molecule has 1 amide bonds. The number of ether oxygens (including phenoxy) is 5. The van der Waals surface area contributed by atoms with E-state index in [0.717, 1.165) is 30.1 Å². The molecule has 4 rings (SSSR count). The van der Waals surface area contributed by atoms with Crippen molar-refractivity contribution < 1.29 is 33.3 Å². The fraction of sp³-hybridized carbons (Fsp3) is 0.310. The summed E-state index contributed by atoms with van der Waals surface area (Å²) in [6.07, 6.45) is -0.658. The number of amides is 1. The molecule has 0 N–H and O–H groups in total. The van der Waals surface area contributed by atoms with Crippen LogP contribution in [0.15, 0.2) is 72.8 Å². The highest BCUT2D eigenvalue weighted by atomic mass is 16.6. The number of carbonyl (C=O) groups is 2. The van der Waals surface area contributed by atoms with Crippen LogP contribution < -0.4 is 23.8 Å². The van der Waals surface area contributed by atoms with E-state index >= 15 is 0 Å². The number of hydrogen-bond donors (Lipinski definition) is 0. The van der Waals surface area contributed by atoms with Gasteiger partial charge in [-0.3, -0.25) is 9.69 Å². The number of benzene rings is 3. The van der Waals surface area contributed by atoms with Gasteiger partial charge in [0.1, 0.15) is 42.8 Å². The maximum Gasteiger partial charge on any atom is 0.416 e. The Kier molecular flexibility index (Phi) is 9.28. The lowest BCUT2D eigenvalue weighted by atomic mass is 10.2. The first-order valence-electron chi connectivity index (χ1n) is 12.5. The normalized spacial score (nSPS) is 12.1. The number of para-hydroxylation sites is 2. The second-order valence-electron chi connectivity index (χ2n) is 8.50. The summed E-state index contributed by atoms with van der Waals surface area (Å²) in [6, 6.07) is 22.0. The molecule has 0 atom stereocenters. The first-order valence-corrected chi connectivity index (χ1v) is 12.5. The monoisotopic (exact) mass is 520 g/mol. The average molecular weight is 521 g/mol. The van der Waals surface area contributed by atoms with E-state index in [1.165, 1.54) is 4.90 Å². The molecular weight excluding hydrogens is 488 g/mol. The van der Waals surface area contributed by atoms with E-state index in [-0.39, 0.29) is 19.7 Å². The van der Waals surface area contributed by atoms with E-state index in [1.807, 2.05) is 48.5 Å². The molecule has 3 aromatic carbocycles. The fourth-order valence-electron chi connectivity index (χ4n) is 4.00. The molecule has 0 saturated carbocycles. The number of rotatable bonds is 11. The Hall–Kier alpha value is -4.40. The van der Waals surface area contributed by atoms with Crippen LogP contribution in [0.1, 0.15) is 12.5 Å². The minimum absolute atomic E-state index is 0.165. The largest absolute Gasteiger partial charge is 0.497 e. The number of methoxy groups -OCH3 is 1. The summed E-state index contributed by atoms with van der Waals surface area (Å²) in [7, 11) is 1.56. The van der Waals surface area contributed by atoms with E-state index in [0.29, 0.717) is 30.5 Å². The Labute approximate surface area is 222 Å². The highest BCUT2D eigenvalue weighted by Crippen LogP contribution is 2.30. The van der Waals surface area contributed by atoms with E-state index in [2.05, 4.69) is 4.90 Å². The summed E-state index contributed by atoms with van der Waals surface area (Å²) in [5, 5.41) is 0. The van der Waals surface area contributed by atoms with Crippen LogP contribution in [0.5, 0.6) is 23.0 Å². The molecule has 0 saturated heterocycles. The molecule has 0 aromatic heterocycles. The summed E-state index contributed by atoms with van der Waals surface area (Å²) in [6.45, 7) is 4.57. The number of nitrogens with zero attached hydrogens (tertiary/aromatic N) is 2. The molecule has 0 aliphatic carbocycles. The predicted octanol–water partition coefficient (Wildman–Crippen LogP) is 4.54. The first kappa shape index (κ1) is 26.7. The lowest BCUT2D eigenvalue weighted by Crippen LogP contribution is -2.38. The van der Waals surface area contributed by atoms with Crippen molar-refractivity contribution in [3.8, 4) is 23.0 Å². The Morgan fingerprint density at radius 2 is 1.66 bits per heavy atom. The Balaban J connectivity index is 1.33. The van der Waals surface area contributed by atoms with Crippen molar-refractivity contribution in [2.75, 3.05) is 51.5 Å². The van der Waals surface area contributed by atoms with Gasteiger partial charge < -0.3 is 28.6 Å². The van der Waals surface area contributed by atoms with Crippen LogP contribution in [0.2, 0.25) is 0 Å². The standard InChI is InChI=1S/C29H32N2O7/c1-3-35-28(32)21-31(29(33)38-25-14-12-23(34-2)13-15-25)20-22-8-10-24(11-9-22)36-18-16-30-17-19-37-27-7-5-4-6-26(27)30/h4-15H,3,16-21H2,1-2H3. The second kappa shape index (κ2) is 13.2. The molecule has 0 radical (unpaired) electrons. The van der Waals surface area contributed by atoms with Gasteiger partial charge in [-0.2, -0.15) is 0 Å². The zero-order valence-electron chi connectivity index (χ0n) is 21.6. The summed E-state index contributed by atoms with van der Waals surface area (Å²) < 4.78 is 27.3. The molecule has 1 aliphatic heterocycles. The van der Waals surface area contributed by atoms with Gasteiger partial charge in [-0.1, -0.05) is 24.3 Å². The molecule has 9 nitrogen and oxygen atoms in total. The molecule has 9 heteroatoms. The SMILES string of the molecule is CCOC(=O)CN(Cc1ccc(OCCN2CCOc3ccccc32)cc1)C(=O)Oc1ccc(OC)cc1. The Morgan fingerprint density at radius 3 is 2.39 bits per heavy atom. The molecule has 3 aromatic rings. The second-order valence-corrected chi connectivity index (χ2v) is 8.50. The predicted molar refractivity (Wildman–Crippen MR) is 142 cm³/mol. The molecule has 1 aliphatic rings. The van der Waals surface area contributed by atoms with Crippen LogP contribution in [0.4, 0.5) is 10.5 Å². The van der Waals surface area contributed by atoms with Crippen LogP contribution in [0.3, 0.4) is 0 Å². The van der Waals surface area contributed by atoms with E-state index in [9.17, 15) is 9.59 Å². The van der Waals surface area contributed by atoms with Gasteiger partial charge in [-0.05, 0) is 61.0 Å². The average Bonchev–Trinajstić information content (AvgIpc) is 2.94. The Bertz CT molecular complexity index is 1200. The number of fused-ring (bicyclic) bond motifs is 1. The first-order chi connectivity index (χ1) is 18.6. The summed E-state index contributed by atoms with van der Waals surface area (Å²) >= 11 is 0. The molecular formula is C29H32N2O7. The van der Waals surface area contributed by atoms with Gasteiger partial charge >= 0.3 is 12.1 Å². The molecule has 200 valence electrons. The van der Waals surface area contributed by atoms with Crippen LogP contribution >= 0.6 is 0 Å². The number of anilines is 1. The van der Waals surface area contributed by atoms with Crippen LogP contribution in [0.25, 0.3) is 0 Å². The van der Waals surface area contributed by atoms with Crippen LogP contribution in [-0.2, 0) is 16.1 Å². The Morgan fingerprint density at radius 1 is 0.947 bits per heavy atom. The highest BCUT2D eigenvalue weighted by molar-refractivity contribution is 5.79. The van der Waals surface area contributed by atoms with Crippen molar-refractivity contribution in [1.82, 2.24) is 4.90 Å². The van der Waals surface area contributed by atoms with Gasteiger partial charge in [0.25, 0.3) is 0 Å². The molecule has 0 fully saturated rings. The molecule has 38 heavy (non-hydrogen) atoms. The summed E-state index contributed by atoms with van der Waals surface area (Å²) in [5.74, 6) is 2.08. The van der Waals surface area contributed by atoms with Gasteiger partial charge in [0.15, 0.2) is 0 Å². The van der Waals surface area contributed by atoms with E-state index in [1.54, 1.807) is 38.3 Å². The third kappa shape index (κ3) is 7.32. The highest BCUT2D eigenvalue weighted by Gasteiger charge is 2.21. The van der Waals surface area contributed by atoms with Crippen molar-refractivity contribution in [3.63, 3.8) is 0 Å². The summed E-state index contributed by atoms with van der Waals surface area (Å²) in [4.78, 5) is 28.6. The minimum atomic E-state index is -0.658. The van der Waals surface area contributed by atoms with Crippen molar-refractivity contribution >= 4 is 17.7 Å².